The molecule has 158 valence electrons. The minimum atomic E-state index is -2.64. The summed E-state index contributed by atoms with van der Waals surface area (Å²) in [5.74, 6) is 1.20. The summed E-state index contributed by atoms with van der Waals surface area (Å²) in [5.41, 5.74) is 0. The van der Waals surface area contributed by atoms with Crippen LogP contribution in [0, 0.1) is 23.7 Å². The molecule has 0 aliphatic heterocycles. The lowest BCUT2D eigenvalue weighted by molar-refractivity contribution is -0.121. The van der Waals surface area contributed by atoms with Crippen molar-refractivity contribution in [1.29, 1.82) is 0 Å². The molecule has 1 N–H and O–H groups in total. The van der Waals surface area contributed by atoms with Gasteiger partial charge < -0.3 is 9.53 Å². The van der Waals surface area contributed by atoms with Crippen LogP contribution in [0.4, 0.5) is 0 Å². The van der Waals surface area contributed by atoms with E-state index in [-0.39, 0.29) is 29.1 Å². The summed E-state index contributed by atoms with van der Waals surface area (Å²) in [4.78, 5) is 12.7. The predicted molar refractivity (Wildman–Crippen MR) is 121 cm³/mol. The molecular weight excluding hydrogens is 388 g/mol. The SMILES string of the molecule is CC(C)(C)[Si](O[C@H]1C[C@H]2C(=O)C[C@@H]3[C@H]2[C@H]1C[C@@H]3O)(c1ccccc1)c1ccccc1. The van der Waals surface area contributed by atoms with E-state index in [0.717, 1.165) is 12.8 Å². The van der Waals surface area contributed by atoms with Gasteiger partial charge >= 0.3 is 0 Å². The van der Waals surface area contributed by atoms with Crippen molar-refractivity contribution in [2.24, 2.45) is 23.7 Å². The van der Waals surface area contributed by atoms with E-state index in [1.165, 1.54) is 10.4 Å². The van der Waals surface area contributed by atoms with Crippen LogP contribution in [-0.2, 0) is 9.22 Å². The number of aliphatic hydroxyl groups is 1. The highest BCUT2D eigenvalue weighted by Crippen LogP contribution is 2.58. The third-order valence-electron chi connectivity index (χ3n) is 8.02. The first-order chi connectivity index (χ1) is 14.3. The molecule has 6 atom stereocenters. The Kier molecular flexibility index (Phi) is 4.80. The van der Waals surface area contributed by atoms with Crippen molar-refractivity contribution >= 4 is 24.5 Å². The Hall–Kier alpha value is -1.75. The van der Waals surface area contributed by atoms with Crippen molar-refractivity contribution in [3.8, 4) is 0 Å². The molecule has 0 bridgehead atoms. The highest BCUT2D eigenvalue weighted by molar-refractivity contribution is 6.99. The van der Waals surface area contributed by atoms with Gasteiger partial charge in [0.05, 0.1) is 6.10 Å². The van der Waals surface area contributed by atoms with E-state index >= 15 is 0 Å². The Labute approximate surface area is 180 Å². The Morgan fingerprint density at radius 1 is 0.900 bits per heavy atom. The Bertz CT molecular complexity index is 881. The van der Waals surface area contributed by atoms with E-state index in [4.69, 9.17) is 4.43 Å². The van der Waals surface area contributed by atoms with Gasteiger partial charge in [0.1, 0.15) is 5.78 Å². The maximum Gasteiger partial charge on any atom is 0.261 e. The molecule has 0 unspecified atom stereocenters. The second-order valence-electron chi connectivity index (χ2n) is 10.5. The van der Waals surface area contributed by atoms with Crippen LogP contribution in [0.25, 0.3) is 0 Å². The Morgan fingerprint density at radius 2 is 1.47 bits per heavy atom. The minimum Gasteiger partial charge on any atom is -0.404 e. The van der Waals surface area contributed by atoms with Gasteiger partial charge in [0.15, 0.2) is 0 Å². The van der Waals surface area contributed by atoms with Gasteiger partial charge in [-0.25, -0.2) is 0 Å². The molecule has 0 spiro atoms. The molecule has 5 rings (SSSR count). The number of carbonyl (C=O) groups is 1. The van der Waals surface area contributed by atoms with Crippen molar-refractivity contribution in [2.75, 3.05) is 0 Å². The van der Waals surface area contributed by atoms with Crippen LogP contribution in [0.5, 0.6) is 0 Å². The fourth-order valence-corrected chi connectivity index (χ4v) is 11.6. The molecule has 0 radical (unpaired) electrons. The van der Waals surface area contributed by atoms with Gasteiger partial charge in [0.25, 0.3) is 8.32 Å². The lowest BCUT2D eigenvalue weighted by atomic mass is 9.92. The zero-order valence-corrected chi connectivity index (χ0v) is 19.1. The first-order valence-electron chi connectivity index (χ1n) is 11.3. The third-order valence-corrected chi connectivity index (χ3v) is 13.1. The predicted octanol–water partition coefficient (Wildman–Crippen LogP) is 3.54. The van der Waals surface area contributed by atoms with Gasteiger partial charge in [-0.05, 0) is 46.0 Å². The smallest absolute Gasteiger partial charge is 0.261 e. The summed E-state index contributed by atoms with van der Waals surface area (Å²) < 4.78 is 7.37. The topological polar surface area (TPSA) is 46.5 Å². The van der Waals surface area contributed by atoms with Crippen molar-refractivity contribution in [2.45, 2.75) is 57.3 Å². The van der Waals surface area contributed by atoms with Gasteiger partial charge in [-0.3, -0.25) is 4.79 Å². The van der Waals surface area contributed by atoms with Gasteiger partial charge in [0, 0.05) is 18.4 Å². The van der Waals surface area contributed by atoms with Crippen LogP contribution >= 0.6 is 0 Å². The number of rotatable bonds is 4. The molecule has 0 aromatic heterocycles. The molecule has 3 aliphatic rings. The first-order valence-corrected chi connectivity index (χ1v) is 13.2. The van der Waals surface area contributed by atoms with E-state index in [0.29, 0.717) is 24.0 Å². The van der Waals surface area contributed by atoms with Crippen molar-refractivity contribution in [3.63, 3.8) is 0 Å². The monoisotopic (exact) mass is 420 g/mol. The highest BCUT2D eigenvalue weighted by Gasteiger charge is 2.63. The highest BCUT2D eigenvalue weighted by atomic mass is 28.4. The van der Waals surface area contributed by atoms with E-state index in [9.17, 15) is 9.90 Å². The largest absolute Gasteiger partial charge is 0.404 e. The van der Waals surface area contributed by atoms with Crippen LogP contribution in [0.2, 0.25) is 5.04 Å². The summed E-state index contributed by atoms with van der Waals surface area (Å²) in [6.07, 6.45) is 1.86. The lowest BCUT2D eigenvalue weighted by Gasteiger charge is -2.45. The summed E-state index contributed by atoms with van der Waals surface area (Å²) >= 11 is 0. The second-order valence-corrected chi connectivity index (χ2v) is 14.8. The molecule has 0 amide bonds. The molecule has 2 aromatic carbocycles. The fraction of sp³-hybridized carbons (Fsp3) is 0.500. The number of benzene rings is 2. The number of aliphatic hydroxyl groups excluding tert-OH is 1. The van der Waals surface area contributed by atoms with Crippen LogP contribution in [0.1, 0.15) is 40.0 Å². The van der Waals surface area contributed by atoms with Gasteiger partial charge in [-0.2, -0.15) is 0 Å². The standard InChI is InChI=1S/C26H32O3Si/c1-26(2,3)30(17-10-6-4-7-11-17,18-12-8-5-9-13-18)29-24-16-20-22(27)14-19-23(28)15-21(24)25(19)20/h4-13,19-21,23-25,28H,14-16H2,1-3H3/t19-,20-,21-,23-,24-,25+/m0/s1. The van der Waals surface area contributed by atoms with E-state index in [1.54, 1.807) is 0 Å². The summed E-state index contributed by atoms with van der Waals surface area (Å²) in [6, 6.07) is 21.4. The fourth-order valence-electron chi connectivity index (χ4n) is 6.82. The molecule has 30 heavy (non-hydrogen) atoms. The van der Waals surface area contributed by atoms with E-state index in [1.807, 2.05) is 0 Å². The summed E-state index contributed by atoms with van der Waals surface area (Å²) in [5, 5.41) is 13.1. The quantitative estimate of drug-likeness (QED) is 0.770. The molecular formula is C26H32O3Si. The Balaban J connectivity index is 1.61. The second kappa shape index (κ2) is 7.15. The average molecular weight is 421 g/mol. The summed E-state index contributed by atoms with van der Waals surface area (Å²) in [6.45, 7) is 6.89. The van der Waals surface area contributed by atoms with Gasteiger partial charge in [-0.15, -0.1) is 0 Å². The van der Waals surface area contributed by atoms with Crippen LogP contribution < -0.4 is 10.4 Å². The number of hydrogen-bond donors (Lipinski definition) is 1. The molecule has 0 heterocycles. The first kappa shape index (κ1) is 20.2. The van der Waals surface area contributed by atoms with Crippen LogP contribution in [0.15, 0.2) is 60.7 Å². The lowest BCUT2D eigenvalue weighted by Crippen LogP contribution is -2.68. The van der Waals surface area contributed by atoms with Crippen molar-refractivity contribution in [3.05, 3.63) is 60.7 Å². The van der Waals surface area contributed by atoms with Crippen molar-refractivity contribution in [1.82, 2.24) is 0 Å². The third kappa shape index (κ3) is 2.88. The van der Waals surface area contributed by atoms with E-state index in [2.05, 4.69) is 81.4 Å². The molecule has 3 fully saturated rings. The van der Waals surface area contributed by atoms with Crippen molar-refractivity contribution < 1.29 is 14.3 Å². The zero-order valence-electron chi connectivity index (χ0n) is 18.1. The van der Waals surface area contributed by atoms with E-state index < -0.39 is 8.32 Å². The Morgan fingerprint density at radius 3 is 2.00 bits per heavy atom. The van der Waals surface area contributed by atoms with Gasteiger partial charge in [0.2, 0.25) is 0 Å². The molecule has 3 nitrogen and oxygen atoms in total. The molecule has 4 heteroatoms. The average Bonchev–Trinajstić information content (AvgIpc) is 3.35. The molecule has 2 aromatic rings. The number of Topliss-reactive ketones (excluding diaryl/α,β-unsaturated/α-hetero) is 1. The zero-order chi connectivity index (χ0) is 21.1. The van der Waals surface area contributed by atoms with Crippen LogP contribution in [0.3, 0.4) is 0 Å². The number of ketones is 1. The normalized spacial score (nSPS) is 33.1. The number of carbonyl (C=O) groups excluding carboxylic acids is 1. The molecule has 3 saturated carbocycles. The number of hydrogen-bond acceptors (Lipinski definition) is 3. The van der Waals surface area contributed by atoms with Crippen LogP contribution in [-0.4, -0.2) is 31.4 Å². The molecule has 0 saturated heterocycles. The maximum absolute atomic E-state index is 12.7. The summed E-state index contributed by atoms with van der Waals surface area (Å²) in [7, 11) is -2.64. The van der Waals surface area contributed by atoms with Gasteiger partial charge in [-0.1, -0.05) is 81.4 Å². The molecule has 3 aliphatic carbocycles. The minimum absolute atomic E-state index is 0.0372. The maximum atomic E-state index is 12.7.